The van der Waals surface area contributed by atoms with Gasteiger partial charge < -0.3 is 5.32 Å². The first kappa shape index (κ1) is 17.1. The molecule has 8 heteroatoms. The van der Waals surface area contributed by atoms with Crippen molar-refractivity contribution < 1.29 is 9.18 Å². The lowest BCUT2D eigenvalue weighted by molar-refractivity contribution is -0.113. The van der Waals surface area contributed by atoms with Crippen LogP contribution in [0.5, 0.6) is 0 Å². The van der Waals surface area contributed by atoms with Gasteiger partial charge in [0.1, 0.15) is 5.82 Å². The Morgan fingerprint density at radius 2 is 2.00 bits per heavy atom. The maximum Gasteiger partial charge on any atom is 0.234 e. The molecule has 0 atom stereocenters. The Morgan fingerprint density at radius 1 is 1.20 bits per heavy atom. The summed E-state index contributed by atoms with van der Waals surface area (Å²) < 4.78 is 14.9. The lowest BCUT2D eigenvalue weighted by atomic mass is 10.2. The number of hydrogen-bond donors (Lipinski definition) is 1. The second-order valence-electron chi connectivity index (χ2n) is 5.46. The number of tetrazole rings is 1. The molecule has 0 unspecified atom stereocenters. The van der Waals surface area contributed by atoms with E-state index in [4.69, 9.17) is 0 Å². The Kier molecular flexibility index (Phi) is 5.08. The second-order valence-corrected chi connectivity index (χ2v) is 6.40. The molecule has 3 rings (SSSR count). The molecule has 1 amide bonds. The lowest BCUT2D eigenvalue weighted by Crippen LogP contribution is -2.15. The van der Waals surface area contributed by atoms with Crippen LogP contribution in [0.15, 0.2) is 47.6 Å². The van der Waals surface area contributed by atoms with Gasteiger partial charge >= 0.3 is 0 Å². The van der Waals surface area contributed by atoms with Gasteiger partial charge in [-0.05, 0) is 53.6 Å². The zero-order chi connectivity index (χ0) is 17.8. The van der Waals surface area contributed by atoms with E-state index in [-0.39, 0.29) is 11.7 Å². The Balaban J connectivity index is 1.69. The van der Waals surface area contributed by atoms with Crippen LogP contribution in [0.3, 0.4) is 0 Å². The Hall–Kier alpha value is -2.74. The third-order valence-corrected chi connectivity index (χ3v) is 4.51. The number of aromatic nitrogens is 4. The highest BCUT2D eigenvalue weighted by Gasteiger charge is 2.13. The minimum absolute atomic E-state index is 0.113. The first-order valence-electron chi connectivity index (χ1n) is 7.58. The molecule has 1 aromatic heterocycles. The molecule has 6 nitrogen and oxygen atoms in total. The van der Waals surface area contributed by atoms with Gasteiger partial charge in [-0.25, -0.2) is 4.39 Å². The molecule has 0 saturated heterocycles. The number of halogens is 1. The lowest BCUT2D eigenvalue weighted by Gasteiger charge is -2.09. The van der Waals surface area contributed by atoms with Crippen LogP contribution in [0.1, 0.15) is 11.1 Å². The predicted octanol–water partition coefficient (Wildman–Crippen LogP) is 3.15. The molecule has 0 radical (unpaired) electrons. The van der Waals surface area contributed by atoms with Crippen molar-refractivity contribution in [1.29, 1.82) is 0 Å². The monoisotopic (exact) mass is 357 g/mol. The van der Waals surface area contributed by atoms with E-state index in [2.05, 4.69) is 20.8 Å². The molecular weight excluding hydrogens is 341 g/mol. The number of thioether (sulfide) groups is 1. The van der Waals surface area contributed by atoms with Crippen molar-refractivity contribution in [3.05, 3.63) is 59.4 Å². The number of anilines is 1. The predicted molar refractivity (Wildman–Crippen MR) is 94.4 cm³/mol. The highest BCUT2D eigenvalue weighted by molar-refractivity contribution is 7.99. The highest BCUT2D eigenvalue weighted by Crippen LogP contribution is 2.21. The number of rotatable bonds is 5. The summed E-state index contributed by atoms with van der Waals surface area (Å²) in [7, 11) is 0. The van der Waals surface area contributed by atoms with E-state index >= 15 is 0 Å². The van der Waals surface area contributed by atoms with Gasteiger partial charge in [-0.1, -0.05) is 36.0 Å². The standard InChI is InChI=1S/C17H16FN5OS/c1-11-7-8-13(18)9-14(11)19-16(24)10-25-17-20-21-22-23(17)15-6-4-3-5-12(15)2/h3-9H,10H2,1-2H3,(H,19,24). The average Bonchev–Trinajstić information content (AvgIpc) is 3.05. The number of carbonyl (C=O) groups excluding carboxylic acids is 1. The van der Waals surface area contributed by atoms with E-state index in [0.717, 1.165) is 16.8 Å². The number of nitrogens with zero attached hydrogens (tertiary/aromatic N) is 4. The number of para-hydroxylation sites is 1. The van der Waals surface area contributed by atoms with Gasteiger partial charge in [0.15, 0.2) is 0 Å². The number of carbonyl (C=O) groups is 1. The molecule has 0 aliphatic carbocycles. The van der Waals surface area contributed by atoms with Crippen LogP contribution in [0.4, 0.5) is 10.1 Å². The highest BCUT2D eigenvalue weighted by atomic mass is 32.2. The molecule has 25 heavy (non-hydrogen) atoms. The molecule has 0 aliphatic heterocycles. The third kappa shape index (κ3) is 4.03. The summed E-state index contributed by atoms with van der Waals surface area (Å²) in [6.07, 6.45) is 0. The minimum atomic E-state index is -0.392. The van der Waals surface area contributed by atoms with Crippen LogP contribution in [-0.4, -0.2) is 31.9 Å². The van der Waals surface area contributed by atoms with E-state index in [9.17, 15) is 9.18 Å². The van der Waals surface area contributed by atoms with Crippen LogP contribution in [0, 0.1) is 19.7 Å². The molecule has 0 fully saturated rings. The number of benzene rings is 2. The van der Waals surface area contributed by atoms with Gasteiger partial charge in [0.25, 0.3) is 0 Å². The maximum atomic E-state index is 13.3. The summed E-state index contributed by atoms with van der Waals surface area (Å²) in [6, 6.07) is 12.0. The number of amides is 1. The fourth-order valence-corrected chi connectivity index (χ4v) is 2.95. The SMILES string of the molecule is Cc1ccc(F)cc1NC(=O)CSc1nnnn1-c1ccccc1C. The van der Waals surface area contributed by atoms with E-state index in [0.29, 0.717) is 10.8 Å². The van der Waals surface area contributed by atoms with E-state index in [1.54, 1.807) is 17.7 Å². The van der Waals surface area contributed by atoms with Crippen molar-refractivity contribution in [3.8, 4) is 5.69 Å². The summed E-state index contributed by atoms with van der Waals surface area (Å²) in [4.78, 5) is 12.2. The van der Waals surface area contributed by atoms with E-state index < -0.39 is 5.82 Å². The fourth-order valence-electron chi connectivity index (χ4n) is 2.27. The van der Waals surface area contributed by atoms with E-state index in [1.807, 2.05) is 31.2 Å². The summed E-state index contributed by atoms with van der Waals surface area (Å²) >= 11 is 1.22. The number of nitrogens with one attached hydrogen (secondary N) is 1. The van der Waals surface area contributed by atoms with Crippen molar-refractivity contribution in [2.45, 2.75) is 19.0 Å². The molecule has 0 spiro atoms. The van der Waals surface area contributed by atoms with Crippen LogP contribution < -0.4 is 5.32 Å². The molecule has 1 heterocycles. The van der Waals surface area contributed by atoms with Gasteiger partial charge in [0.2, 0.25) is 11.1 Å². The van der Waals surface area contributed by atoms with Gasteiger partial charge in [0, 0.05) is 5.69 Å². The van der Waals surface area contributed by atoms with Gasteiger partial charge in [-0.3, -0.25) is 4.79 Å². The summed E-state index contributed by atoms with van der Waals surface area (Å²) in [5.41, 5.74) is 3.14. The Labute approximate surface area is 148 Å². The van der Waals surface area contributed by atoms with E-state index in [1.165, 1.54) is 23.9 Å². The summed E-state index contributed by atoms with van der Waals surface area (Å²) in [5, 5.41) is 14.9. The van der Waals surface area contributed by atoms with Crippen LogP contribution in [-0.2, 0) is 4.79 Å². The van der Waals surface area contributed by atoms with Crippen molar-refractivity contribution in [1.82, 2.24) is 20.2 Å². The zero-order valence-electron chi connectivity index (χ0n) is 13.7. The molecule has 3 aromatic rings. The molecule has 0 aliphatic rings. The molecule has 0 saturated carbocycles. The largest absolute Gasteiger partial charge is 0.325 e. The van der Waals surface area contributed by atoms with Crippen molar-refractivity contribution in [3.63, 3.8) is 0 Å². The van der Waals surface area contributed by atoms with Crippen molar-refractivity contribution in [2.24, 2.45) is 0 Å². The molecular formula is C17H16FN5OS. The van der Waals surface area contributed by atoms with Gasteiger partial charge in [0.05, 0.1) is 11.4 Å². The van der Waals surface area contributed by atoms with Crippen molar-refractivity contribution >= 4 is 23.4 Å². The smallest absolute Gasteiger partial charge is 0.234 e. The number of hydrogen-bond acceptors (Lipinski definition) is 5. The minimum Gasteiger partial charge on any atom is -0.325 e. The maximum absolute atomic E-state index is 13.3. The fraction of sp³-hybridized carbons (Fsp3) is 0.176. The van der Waals surface area contributed by atoms with Crippen molar-refractivity contribution in [2.75, 3.05) is 11.1 Å². The first-order valence-corrected chi connectivity index (χ1v) is 8.56. The first-order chi connectivity index (χ1) is 12.0. The normalized spacial score (nSPS) is 10.7. The van der Waals surface area contributed by atoms with Crippen LogP contribution in [0.2, 0.25) is 0 Å². The molecule has 0 bridgehead atoms. The Morgan fingerprint density at radius 3 is 2.80 bits per heavy atom. The van der Waals surface area contributed by atoms with Gasteiger partial charge in [-0.2, -0.15) is 4.68 Å². The topological polar surface area (TPSA) is 72.7 Å². The summed E-state index contributed by atoms with van der Waals surface area (Å²) in [5.74, 6) is -0.530. The zero-order valence-corrected chi connectivity index (χ0v) is 14.5. The van der Waals surface area contributed by atoms with Crippen LogP contribution in [0.25, 0.3) is 5.69 Å². The molecule has 128 valence electrons. The second kappa shape index (κ2) is 7.43. The van der Waals surface area contributed by atoms with Gasteiger partial charge in [-0.15, -0.1) is 5.10 Å². The number of aryl methyl sites for hydroxylation is 2. The average molecular weight is 357 g/mol. The third-order valence-electron chi connectivity index (χ3n) is 3.59. The molecule has 1 N–H and O–H groups in total. The quantitative estimate of drug-likeness (QED) is 0.710. The Bertz CT molecular complexity index is 912. The molecule has 2 aromatic carbocycles. The summed E-state index contributed by atoms with van der Waals surface area (Å²) in [6.45, 7) is 3.77. The van der Waals surface area contributed by atoms with Crippen LogP contribution >= 0.6 is 11.8 Å².